The monoisotopic (exact) mass is 1220 g/mol. The highest BCUT2D eigenvalue weighted by Crippen LogP contribution is 2.55. The van der Waals surface area contributed by atoms with E-state index in [1.807, 2.05) is 0 Å². The summed E-state index contributed by atoms with van der Waals surface area (Å²) in [5.74, 6) is 0. The Morgan fingerprint density at radius 3 is 1.17 bits per heavy atom. The fourth-order valence-corrected chi connectivity index (χ4v) is 14.1. The summed E-state index contributed by atoms with van der Waals surface area (Å²) >= 11 is 10.3. The highest BCUT2D eigenvalue weighted by Gasteiger charge is 2.32. The Bertz CT molecular complexity index is 4620. The van der Waals surface area contributed by atoms with E-state index >= 15 is 0 Å². The average Bonchev–Trinajstić information content (AvgIpc) is 0.814. The van der Waals surface area contributed by atoms with Gasteiger partial charge in [-0.2, -0.15) is 0 Å². The first kappa shape index (κ1) is 62.3. The van der Waals surface area contributed by atoms with Crippen LogP contribution in [0.25, 0.3) is 75.8 Å². The van der Waals surface area contributed by atoms with Crippen LogP contribution in [0.5, 0.6) is 0 Å². The van der Waals surface area contributed by atoms with E-state index in [0.717, 1.165) is 56.4 Å². The van der Waals surface area contributed by atoms with Gasteiger partial charge in [0.1, 0.15) is 0 Å². The molecule has 1 aromatic heterocycles. The van der Waals surface area contributed by atoms with Crippen molar-refractivity contribution in [3.63, 3.8) is 0 Å². The van der Waals surface area contributed by atoms with Crippen LogP contribution in [0.15, 0.2) is 212 Å². The quantitative estimate of drug-likeness (QED) is 0.133. The summed E-state index contributed by atoms with van der Waals surface area (Å²) in [5, 5.41) is 11.6. The number of nitrogens with zero attached hydrogens (tertiary/aromatic N) is 2. The van der Waals surface area contributed by atoms with Crippen molar-refractivity contribution in [2.45, 2.75) is 157 Å². The molecule has 0 atom stereocenters. The number of hydrogen-bond donors (Lipinski definition) is 0. The van der Waals surface area contributed by atoms with Gasteiger partial charge in [-0.3, -0.25) is 0 Å². The van der Waals surface area contributed by atoms with Gasteiger partial charge < -0.3 is 9.80 Å². The van der Waals surface area contributed by atoms with Crippen LogP contribution in [0, 0.1) is 0 Å². The molecule has 90 heavy (non-hydrogen) atoms. The number of fused-ring (bicyclic) bond motifs is 7. The zero-order chi connectivity index (χ0) is 64.2. The molecule has 12 aromatic rings. The third-order valence-electron chi connectivity index (χ3n) is 18.5. The third-order valence-corrected chi connectivity index (χ3v) is 19.9. The van der Waals surface area contributed by atoms with Crippen LogP contribution in [0.3, 0.4) is 0 Å². The van der Waals surface area contributed by atoms with Crippen molar-refractivity contribution in [1.29, 1.82) is 0 Å². The Kier molecular flexibility index (Phi) is 15.7. The van der Waals surface area contributed by atoms with Crippen molar-refractivity contribution in [2.24, 2.45) is 0 Å². The molecule has 4 heteroatoms. The molecule has 11 aromatic carbocycles. The molecule has 0 saturated heterocycles. The van der Waals surface area contributed by atoms with Crippen LogP contribution in [0.2, 0.25) is 5.02 Å². The zero-order valence-corrected chi connectivity index (χ0v) is 58.0. The molecule has 0 N–H and O–H groups in total. The molecule has 1 heterocycles. The average molecular weight is 1220 g/mol. The number of anilines is 6. The van der Waals surface area contributed by atoms with Crippen molar-refractivity contribution in [1.82, 2.24) is 0 Å². The van der Waals surface area contributed by atoms with Gasteiger partial charge in [0.25, 0.3) is 0 Å². The van der Waals surface area contributed by atoms with E-state index in [9.17, 15) is 0 Å². The van der Waals surface area contributed by atoms with E-state index < -0.39 is 0 Å². The maximum Gasteiger partial charge on any atom is 0.0887 e. The lowest BCUT2D eigenvalue weighted by Gasteiger charge is -2.35. The standard InChI is InChI=1S/C86H89ClN2S/c1-81(2,3)58-35-40-64(41-36-58)88(77-53-90-78-45-39-60(50-74(77)78)83(7,8)9)75-28-23-29-76(79(75)87)89(65-42-37-59(38-43-65)82(4,5)6)80-71(55-32-30-54(31-33-55)57-46-61(84(10,11)12)49-62(47-57)85(13,14)15)51-63(86(16,17)18)52-72(80)56-34-44-70-68-26-20-19-24-66(68)67-25-21-22-27-69(67)73(70)48-56/h19-53H,1-18H3. The Hall–Kier alpha value is -7.95. The Morgan fingerprint density at radius 2 is 0.678 bits per heavy atom. The van der Waals surface area contributed by atoms with Crippen LogP contribution in [0.1, 0.15) is 158 Å². The second kappa shape index (κ2) is 22.8. The van der Waals surface area contributed by atoms with Gasteiger partial charge in [-0.15, -0.1) is 11.3 Å². The van der Waals surface area contributed by atoms with Gasteiger partial charge in [0.2, 0.25) is 0 Å². The van der Waals surface area contributed by atoms with Crippen molar-refractivity contribution in [3.8, 4) is 33.4 Å². The Labute approximate surface area is 546 Å². The first-order valence-corrected chi connectivity index (χ1v) is 33.5. The molecule has 0 bridgehead atoms. The smallest absolute Gasteiger partial charge is 0.0887 e. The van der Waals surface area contributed by atoms with E-state index in [4.69, 9.17) is 11.6 Å². The molecule has 0 saturated carbocycles. The Morgan fingerprint density at radius 1 is 0.278 bits per heavy atom. The van der Waals surface area contributed by atoms with Crippen LogP contribution < -0.4 is 9.80 Å². The van der Waals surface area contributed by atoms with E-state index in [2.05, 4.69) is 346 Å². The fourth-order valence-electron chi connectivity index (χ4n) is 12.9. The topological polar surface area (TPSA) is 6.48 Å². The predicted octanol–water partition coefficient (Wildman–Crippen LogP) is 26.7. The molecule has 0 spiro atoms. The molecule has 0 radical (unpaired) electrons. The molecule has 12 rings (SSSR count). The summed E-state index contributed by atoms with van der Waals surface area (Å²) in [7, 11) is 0. The fraction of sp³-hybridized carbons (Fsp3) is 0.279. The molecule has 2 nitrogen and oxygen atoms in total. The van der Waals surface area contributed by atoms with Gasteiger partial charge in [0.15, 0.2) is 0 Å². The van der Waals surface area contributed by atoms with Gasteiger partial charge in [0.05, 0.1) is 27.8 Å². The molecule has 0 aliphatic carbocycles. The molecule has 0 amide bonds. The van der Waals surface area contributed by atoms with E-state index in [0.29, 0.717) is 5.02 Å². The van der Waals surface area contributed by atoms with E-state index in [1.54, 1.807) is 11.3 Å². The molecule has 0 unspecified atom stereocenters. The lowest BCUT2D eigenvalue weighted by molar-refractivity contribution is 0.569. The number of benzene rings is 11. The van der Waals surface area contributed by atoms with Crippen molar-refractivity contribution in [3.05, 3.63) is 250 Å². The second-order valence-corrected chi connectivity index (χ2v) is 32.6. The molecule has 456 valence electrons. The summed E-state index contributed by atoms with van der Waals surface area (Å²) in [6.45, 7) is 41.6. The third kappa shape index (κ3) is 11.9. The predicted molar refractivity (Wildman–Crippen MR) is 397 cm³/mol. The van der Waals surface area contributed by atoms with Crippen LogP contribution >= 0.6 is 22.9 Å². The zero-order valence-electron chi connectivity index (χ0n) is 56.4. The van der Waals surface area contributed by atoms with Gasteiger partial charge in [-0.25, -0.2) is 0 Å². The van der Waals surface area contributed by atoms with Crippen molar-refractivity contribution in [2.75, 3.05) is 9.80 Å². The summed E-state index contributed by atoms with van der Waals surface area (Å²) in [6, 6.07) is 78.7. The summed E-state index contributed by atoms with van der Waals surface area (Å²) < 4.78 is 1.23. The summed E-state index contributed by atoms with van der Waals surface area (Å²) in [5.41, 5.74) is 20.1. The number of thiophene rings is 1. The number of hydrogen-bond acceptors (Lipinski definition) is 3. The SMILES string of the molecule is CC(C)(C)c1ccc(N(c2cccc(N(c3ccc(C(C)(C)C)cc3)c3csc4ccc(C(C)(C)C)cc34)c2Cl)c2c(-c3ccc(-c4cc(C(C)(C)C)cc(C(C)(C)C)c4)cc3)cc(C(C)(C)C)cc2-c2ccc3c4ccccc4c4ccccc4c3c2)cc1. The molecular weight excluding hydrogens is 1130 g/mol. The van der Waals surface area contributed by atoms with Gasteiger partial charge in [-0.1, -0.05) is 276 Å². The normalized spacial score (nSPS) is 12.8. The van der Waals surface area contributed by atoms with Gasteiger partial charge >= 0.3 is 0 Å². The number of halogens is 1. The van der Waals surface area contributed by atoms with E-state index in [1.165, 1.54) is 86.9 Å². The van der Waals surface area contributed by atoms with Gasteiger partial charge in [0, 0.05) is 38.0 Å². The largest absolute Gasteiger partial charge is 0.308 e. The summed E-state index contributed by atoms with van der Waals surface area (Å²) in [4.78, 5) is 4.89. The van der Waals surface area contributed by atoms with Crippen molar-refractivity contribution >= 4 is 99.5 Å². The first-order valence-electron chi connectivity index (χ1n) is 32.2. The van der Waals surface area contributed by atoms with Crippen LogP contribution in [-0.2, 0) is 32.5 Å². The van der Waals surface area contributed by atoms with Crippen molar-refractivity contribution < 1.29 is 0 Å². The summed E-state index contributed by atoms with van der Waals surface area (Å²) in [6.07, 6.45) is 0. The van der Waals surface area contributed by atoms with E-state index in [-0.39, 0.29) is 32.5 Å². The molecule has 0 aliphatic heterocycles. The molecule has 0 fully saturated rings. The lowest BCUT2D eigenvalue weighted by Crippen LogP contribution is -2.18. The highest BCUT2D eigenvalue weighted by molar-refractivity contribution is 7.17. The minimum absolute atomic E-state index is 0.0227. The maximum atomic E-state index is 8.53. The molecular formula is C86H89ClN2S. The second-order valence-electron chi connectivity index (χ2n) is 31.4. The lowest BCUT2D eigenvalue weighted by atomic mass is 9.78. The minimum atomic E-state index is -0.228. The Balaban J connectivity index is 1.18. The van der Waals surface area contributed by atoms with Crippen LogP contribution in [0.4, 0.5) is 34.1 Å². The maximum absolute atomic E-state index is 8.53. The molecule has 0 aliphatic rings. The van der Waals surface area contributed by atoms with Gasteiger partial charge in [-0.05, 0) is 187 Å². The first-order chi connectivity index (χ1) is 42.3. The van der Waals surface area contributed by atoms with Crippen LogP contribution in [-0.4, -0.2) is 0 Å². The minimum Gasteiger partial charge on any atom is -0.308 e. The highest BCUT2D eigenvalue weighted by atomic mass is 35.5. The number of rotatable bonds is 9.